The molecule has 2 rings (SSSR count). The molecule has 0 unspecified atom stereocenters. The number of aryl methyl sites for hydroxylation is 1. The molecule has 0 amide bonds. The summed E-state index contributed by atoms with van der Waals surface area (Å²) in [5.41, 5.74) is -0.854. The summed E-state index contributed by atoms with van der Waals surface area (Å²) < 4.78 is 42.4. The highest BCUT2D eigenvalue weighted by Crippen LogP contribution is 2.32. The molecule has 0 saturated heterocycles. The first-order chi connectivity index (χ1) is 9.40. The van der Waals surface area contributed by atoms with Gasteiger partial charge in [-0.05, 0) is 6.42 Å². The van der Waals surface area contributed by atoms with Crippen LogP contribution in [0.5, 0.6) is 0 Å². The van der Waals surface area contributed by atoms with Crippen molar-refractivity contribution in [1.29, 1.82) is 0 Å². The molecule has 2 aromatic heterocycles. The van der Waals surface area contributed by atoms with Crippen molar-refractivity contribution in [2.45, 2.75) is 39.0 Å². The lowest BCUT2D eigenvalue weighted by atomic mass is 10.2. The maximum absolute atomic E-state index is 12.5. The second kappa shape index (κ2) is 5.88. The first kappa shape index (κ1) is 14.9. The Bertz CT molecular complexity index is 566. The summed E-state index contributed by atoms with van der Waals surface area (Å²) in [6, 6.07) is -0.269. The lowest BCUT2D eigenvalue weighted by molar-refractivity contribution is -0.140. The van der Waals surface area contributed by atoms with E-state index in [-0.39, 0.29) is 6.04 Å². The van der Waals surface area contributed by atoms with Gasteiger partial charge in [0.15, 0.2) is 11.5 Å². The number of hydrogen-bond acceptors (Lipinski definition) is 6. The minimum Gasteiger partial charge on any atom is -0.340 e. The minimum atomic E-state index is -4.40. The van der Waals surface area contributed by atoms with Crippen molar-refractivity contribution in [2.75, 3.05) is 0 Å². The van der Waals surface area contributed by atoms with Gasteiger partial charge < -0.3 is 9.84 Å². The van der Waals surface area contributed by atoms with Gasteiger partial charge in [0.1, 0.15) is 5.01 Å². The molecule has 0 aliphatic heterocycles. The Morgan fingerprint density at radius 1 is 1.40 bits per heavy atom. The standard InChI is InChI=1S/C11H13F3N4OS/c1-3-7(15-4-9-16-6(2)19-18-9)10-17-8(5-20-10)11(12,13)14/h5,7,15H,3-4H2,1-2H3/t7-/m1/s1. The summed E-state index contributed by atoms with van der Waals surface area (Å²) in [7, 11) is 0. The van der Waals surface area contributed by atoms with Crippen LogP contribution in [0.25, 0.3) is 0 Å². The molecule has 0 aliphatic carbocycles. The highest BCUT2D eigenvalue weighted by atomic mass is 32.1. The molecule has 2 aromatic rings. The van der Waals surface area contributed by atoms with Crippen molar-refractivity contribution < 1.29 is 17.7 Å². The number of halogens is 3. The van der Waals surface area contributed by atoms with E-state index in [0.717, 1.165) is 16.7 Å². The summed E-state index contributed by atoms with van der Waals surface area (Å²) in [6.45, 7) is 3.86. The van der Waals surface area contributed by atoms with Crippen molar-refractivity contribution >= 4 is 11.3 Å². The second-order valence-electron chi connectivity index (χ2n) is 4.14. The third kappa shape index (κ3) is 3.54. The Morgan fingerprint density at radius 2 is 2.15 bits per heavy atom. The van der Waals surface area contributed by atoms with Crippen LogP contribution in [0.3, 0.4) is 0 Å². The van der Waals surface area contributed by atoms with E-state index < -0.39 is 11.9 Å². The molecule has 0 spiro atoms. The Labute approximate surface area is 117 Å². The first-order valence-corrected chi connectivity index (χ1v) is 6.83. The molecule has 1 atom stereocenters. The van der Waals surface area contributed by atoms with E-state index in [1.165, 1.54) is 0 Å². The Kier molecular flexibility index (Phi) is 4.39. The van der Waals surface area contributed by atoms with Crippen molar-refractivity contribution in [3.63, 3.8) is 0 Å². The van der Waals surface area contributed by atoms with Crippen LogP contribution >= 0.6 is 11.3 Å². The molecule has 0 aliphatic rings. The Morgan fingerprint density at radius 3 is 2.65 bits per heavy atom. The Balaban J connectivity index is 2.03. The molecular formula is C11H13F3N4OS. The number of nitrogens with one attached hydrogen (secondary N) is 1. The van der Waals surface area contributed by atoms with Gasteiger partial charge in [0.2, 0.25) is 5.89 Å². The fourth-order valence-corrected chi connectivity index (χ4v) is 2.60. The van der Waals surface area contributed by atoms with Crippen LogP contribution in [0.1, 0.15) is 41.8 Å². The molecular weight excluding hydrogens is 293 g/mol. The highest BCUT2D eigenvalue weighted by Gasteiger charge is 2.34. The fraction of sp³-hybridized carbons (Fsp3) is 0.545. The van der Waals surface area contributed by atoms with Crippen LogP contribution < -0.4 is 5.32 Å². The third-order valence-electron chi connectivity index (χ3n) is 2.59. The molecule has 0 bridgehead atoms. The van der Waals surface area contributed by atoms with E-state index in [4.69, 9.17) is 4.52 Å². The zero-order chi connectivity index (χ0) is 14.8. The van der Waals surface area contributed by atoms with Crippen LogP contribution in [0.4, 0.5) is 13.2 Å². The Hall–Kier alpha value is -1.48. The summed E-state index contributed by atoms with van der Waals surface area (Å²) in [6.07, 6.45) is -3.79. The van der Waals surface area contributed by atoms with E-state index in [1.807, 2.05) is 6.92 Å². The summed E-state index contributed by atoms with van der Waals surface area (Å²) in [4.78, 5) is 7.65. The predicted molar refractivity (Wildman–Crippen MR) is 66.0 cm³/mol. The fourth-order valence-electron chi connectivity index (χ4n) is 1.61. The second-order valence-corrected chi connectivity index (χ2v) is 5.03. The predicted octanol–water partition coefficient (Wildman–Crippen LogP) is 3.09. The molecule has 0 saturated carbocycles. The van der Waals surface area contributed by atoms with E-state index in [1.54, 1.807) is 6.92 Å². The highest BCUT2D eigenvalue weighted by molar-refractivity contribution is 7.09. The zero-order valence-electron chi connectivity index (χ0n) is 10.9. The molecule has 5 nitrogen and oxygen atoms in total. The van der Waals surface area contributed by atoms with Crippen LogP contribution in [0.15, 0.2) is 9.90 Å². The molecule has 0 fully saturated rings. The number of thiazole rings is 1. The lowest BCUT2D eigenvalue weighted by Crippen LogP contribution is -2.21. The number of rotatable bonds is 5. The van der Waals surface area contributed by atoms with Crippen molar-refractivity contribution in [2.24, 2.45) is 0 Å². The van der Waals surface area contributed by atoms with Gasteiger partial charge in [0.05, 0.1) is 12.6 Å². The average molecular weight is 306 g/mol. The molecule has 1 N–H and O–H groups in total. The quantitative estimate of drug-likeness (QED) is 0.919. The van der Waals surface area contributed by atoms with Gasteiger partial charge >= 0.3 is 6.18 Å². The molecule has 0 aromatic carbocycles. The number of alkyl halides is 3. The van der Waals surface area contributed by atoms with Gasteiger partial charge in [0.25, 0.3) is 0 Å². The molecule has 20 heavy (non-hydrogen) atoms. The molecule has 110 valence electrons. The summed E-state index contributed by atoms with van der Waals surface area (Å²) >= 11 is 0.992. The number of aromatic nitrogens is 3. The van der Waals surface area contributed by atoms with E-state index in [2.05, 4.69) is 20.4 Å². The normalized spacial score (nSPS) is 13.7. The maximum atomic E-state index is 12.5. The maximum Gasteiger partial charge on any atom is 0.434 e. The van der Waals surface area contributed by atoms with Crippen molar-refractivity contribution in [3.8, 4) is 0 Å². The largest absolute Gasteiger partial charge is 0.434 e. The van der Waals surface area contributed by atoms with E-state index in [9.17, 15) is 13.2 Å². The summed E-state index contributed by atoms with van der Waals surface area (Å²) in [5.74, 6) is 0.914. The topological polar surface area (TPSA) is 63.8 Å². The molecule has 2 heterocycles. The van der Waals surface area contributed by atoms with Crippen molar-refractivity contribution in [1.82, 2.24) is 20.4 Å². The van der Waals surface area contributed by atoms with E-state index in [0.29, 0.717) is 29.7 Å². The zero-order valence-corrected chi connectivity index (χ0v) is 11.7. The van der Waals surface area contributed by atoms with Gasteiger partial charge in [-0.25, -0.2) is 4.98 Å². The number of hydrogen-bond donors (Lipinski definition) is 1. The van der Waals surface area contributed by atoms with E-state index >= 15 is 0 Å². The first-order valence-electron chi connectivity index (χ1n) is 5.95. The average Bonchev–Trinajstić information content (AvgIpc) is 2.99. The third-order valence-corrected chi connectivity index (χ3v) is 3.55. The number of nitrogens with zero attached hydrogens (tertiary/aromatic N) is 3. The molecule has 9 heteroatoms. The minimum absolute atomic E-state index is 0.269. The van der Waals surface area contributed by atoms with Gasteiger partial charge in [-0.2, -0.15) is 18.2 Å². The van der Waals surface area contributed by atoms with Crippen LogP contribution in [-0.4, -0.2) is 15.1 Å². The SMILES string of the molecule is CC[C@@H](NCc1noc(C)n1)c1nc(C(F)(F)F)cs1. The van der Waals surface area contributed by atoms with Crippen molar-refractivity contribution in [3.05, 3.63) is 27.8 Å². The van der Waals surface area contributed by atoms with Crippen LogP contribution in [-0.2, 0) is 12.7 Å². The van der Waals surface area contributed by atoms with Gasteiger partial charge in [-0.15, -0.1) is 11.3 Å². The monoisotopic (exact) mass is 306 g/mol. The van der Waals surface area contributed by atoms with Gasteiger partial charge in [-0.1, -0.05) is 12.1 Å². The van der Waals surface area contributed by atoms with Crippen LogP contribution in [0.2, 0.25) is 0 Å². The van der Waals surface area contributed by atoms with Gasteiger partial charge in [0, 0.05) is 12.3 Å². The summed E-state index contributed by atoms with van der Waals surface area (Å²) in [5, 5.41) is 8.22. The molecule has 0 radical (unpaired) electrons. The van der Waals surface area contributed by atoms with Gasteiger partial charge in [-0.3, -0.25) is 0 Å². The lowest BCUT2D eigenvalue weighted by Gasteiger charge is -2.12. The van der Waals surface area contributed by atoms with Crippen LogP contribution in [0, 0.1) is 6.92 Å². The smallest absolute Gasteiger partial charge is 0.340 e.